The van der Waals surface area contributed by atoms with Gasteiger partial charge in [0.1, 0.15) is 12.1 Å². The van der Waals surface area contributed by atoms with Crippen molar-refractivity contribution in [3.05, 3.63) is 29.3 Å². The van der Waals surface area contributed by atoms with Gasteiger partial charge in [0.05, 0.1) is 16.8 Å². The molecule has 0 atom stereocenters. The topological polar surface area (TPSA) is 113 Å². The van der Waals surface area contributed by atoms with Gasteiger partial charge >= 0.3 is 17.9 Å². The number of aromatic carboxylic acids is 2. The summed E-state index contributed by atoms with van der Waals surface area (Å²) in [5.74, 6) is -3.31. The molecule has 3 N–H and O–H groups in total. The first-order valence-electron chi connectivity index (χ1n) is 7.17. The number of rotatable bonds is 5. The fraction of sp³-hybridized carbons (Fsp3) is 0.438. The van der Waals surface area contributed by atoms with Gasteiger partial charge in [0.25, 0.3) is 0 Å². The molecule has 0 bridgehead atoms. The van der Waals surface area contributed by atoms with Crippen LogP contribution in [0.15, 0.2) is 18.2 Å². The molecule has 0 saturated heterocycles. The summed E-state index contributed by atoms with van der Waals surface area (Å²) in [6.07, 6.45) is 0. The quantitative estimate of drug-likeness (QED) is 0.713. The summed E-state index contributed by atoms with van der Waals surface area (Å²) in [6.45, 7) is 8.86. The summed E-state index contributed by atoms with van der Waals surface area (Å²) in [6, 6.07) is 3.97. The Morgan fingerprint density at radius 2 is 1.65 bits per heavy atom. The van der Waals surface area contributed by atoms with Gasteiger partial charge in [-0.15, -0.1) is 0 Å². The Labute approximate surface area is 135 Å². The average Bonchev–Trinajstić information content (AvgIpc) is 2.44. The molecule has 128 valence electrons. The maximum absolute atomic E-state index is 11.6. The minimum atomic E-state index is -1.39. The van der Waals surface area contributed by atoms with E-state index in [-0.39, 0.29) is 17.8 Å². The van der Waals surface area contributed by atoms with E-state index >= 15 is 0 Å². The van der Waals surface area contributed by atoms with E-state index in [9.17, 15) is 14.4 Å². The van der Waals surface area contributed by atoms with Crippen LogP contribution in [0.3, 0.4) is 0 Å². The summed E-state index contributed by atoms with van der Waals surface area (Å²) < 4.78 is 5.07. The van der Waals surface area contributed by atoms with Gasteiger partial charge in [-0.05, 0) is 32.9 Å². The minimum Gasteiger partial charge on any atom is -0.478 e. The summed E-state index contributed by atoms with van der Waals surface area (Å²) in [5, 5.41) is 20.7. The van der Waals surface area contributed by atoms with Gasteiger partial charge < -0.3 is 20.3 Å². The fourth-order valence-corrected chi connectivity index (χ4v) is 1.65. The molecular formula is C16H23NO6. The molecule has 1 aromatic rings. The number of hydrogen-bond acceptors (Lipinski definition) is 5. The Morgan fingerprint density at radius 1 is 1.09 bits per heavy atom. The van der Waals surface area contributed by atoms with Crippen molar-refractivity contribution in [1.82, 2.24) is 0 Å². The third-order valence-electron chi connectivity index (χ3n) is 2.35. The number of ether oxygens (including phenoxy) is 1. The second-order valence-electron chi connectivity index (χ2n) is 5.28. The number of carboxylic acids is 2. The molecular weight excluding hydrogens is 302 g/mol. The summed E-state index contributed by atoms with van der Waals surface area (Å²) in [5.41, 5.74) is -1.35. The number of esters is 1. The predicted molar refractivity (Wildman–Crippen MR) is 86.0 cm³/mol. The lowest BCUT2D eigenvalue weighted by molar-refractivity contribution is -0.152. The first-order chi connectivity index (χ1) is 10.6. The van der Waals surface area contributed by atoms with Gasteiger partial charge in [-0.3, -0.25) is 4.79 Å². The normalized spacial score (nSPS) is 10.1. The van der Waals surface area contributed by atoms with Gasteiger partial charge in [0.15, 0.2) is 0 Å². The van der Waals surface area contributed by atoms with Crippen LogP contribution < -0.4 is 5.32 Å². The second kappa shape index (κ2) is 8.77. The Bertz CT molecular complexity index is 574. The zero-order valence-corrected chi connectivity index (χ0v) is 14.0. The molecule has 7 nitrogen and oxygen atoms in total. The van der Waals surface area contributed by atoms with Crippen LogP contribution in [0.2, 0.25) is 0 Å². The molecule has 0 spiro atoms. The molecule has 0 fully saturated rings. The number of nitrogens with one attached hydrogen (secondary N) is 1. The molecule has 0 saturated carbocycles. The van der Waals surface area contributed by atoms with Crippen molar-refractivity contribution in [3.8, 4) is 0 Å². The van der Waals surface area contributed by atoms with Crippen LogP contribution in [0.25, 0.3) is 0 Å². The molecule has 1 aromatic carbocycles. The van der Waals surface area contributed by atoms with Crippen LogP contribution in [0.5, 0.6) is 0 Å². The molecule has 0 radical (unpaired) electrons. The van der Waals surface area contributed by atoms with Crippen molar-refractivity contribution in [1.29, 1.82) is 0 Å². The van der Waals surface area contributed by atoms with Crippen LogP contribution >= 0.6 is 0 Å². The third-order valence-corrected chi connectivity index (χ3v) is 2.35. The SMILES string of the molecule is CC.CC(C)(C)OC(=O)CNc1cccc(C(=O)O)c1C(=O)O. The highest BCUT2D eigenvalue weighted by Gasteiger charge is 2.21. The zero-order valence-electron chi connectivity index (χ0n) is 14.0. The smallest absolute Gasteiger partial charge is 0.338 e. The zero-order chi connectivity index (χ0) is 18.2. The van der Waals surface area contributed by atoms with Gasteiger partial charge in [0.2, 0.25) is 0 Å². The van der Waals surface area contributed by atoms with E-state index in [1.165, 1.54) is 18.2 Å². The molecule has 0 aliphatic rings. The monoisotopic (exact) mass is 325 g/mol. The largest absolute Gasteiger partial charge is 0.478 e. The number of benzene rings is 1. The highest BCUT2D eigenvalue weighted by Crippen LogP contribution is 2.20. The van der Waals surface area contributed by atoms with E-state index in [4.69, 9.17) is 14.9 Å². The first-order valence-corrected chi connectivity index (χ1v) is 7.17. The van der Waals surface area contributed by atoms with Gasteiger partial charge in [-0.2, -0.15) is 0 Å². The first kappa shape index (κ1) is 20.4. The molecule has 0 heterocycles. The summed E-state index contributed by atoms with van der Waals surface area (Å²) in [7, 11) is 0. The lowest BCUT2D eigenvalue weighted by atomic mass is 10.1. The van der Waals surface area contributed by atoms with Crippen molar-refractivity contribution in [2.45, 2.75) is 40.2 Å². The fourth-order valence-electron chi connectivity index (χ4n) is 1.65. The lowest BCUT2D eigenvalue weighted by Crippen LogP contribution is -2.28. The Kier molecular flexibility index (Phi) is 7.79. The van der Waals surface area contributed by atoms with E-state index in [2.05, 4.69) is 5.32 Å². The molecule has 7 heteroatoms. The number of carbonyl (C=O) groups excluding carboxylic acids is 1. The molecule has 1 rings (SSSR count). The van der Waals surface area contributed by atoms with Crippen molar-refractivity contribution >= 4 is 23.6 Å². The number of carboxylic acid groups (broad SMARTS) is 2. The van der Waals surface area contributed by atoms with E-state index < -0.39 is 29.1 Å². The predicted octanol–water partition coefficient (Wildman–Crippen LogP) is 2.86. The molecule has 0 aliphatic heterocycles. The van der Waals surface area contributed by atoms with E-state index in [1.807, 2.05) is 13.8 Å². The Balaban J connectivity index is 0.00000232. The van der Waals surface area contributed by atoms with Crippen molar-refractivity contribution in [2.75, 3.05) is 11.9 Å². The standard InChI is InChI=1S/C14H17NO6.C2H6/c1-14(2,3)21-10(16)7-15-9-6-4-5-8(12(17)18)11(9)13(19)20;1-2/h4-6,15H,7H2,1-3H3,(H,17,18)(H,19,20);1-2H3. The molecule has 0 aliphatic carbocycles. The van der Waals surface area contributed by atoms with Gasteiger partial charge in [0, 0.05) is 0 Å². The van der Waals surface area contributed by atoms with E-state index in [1.54, 1.807) is 20.8 Å². The highest BCUT2D eigenvalue weighted by molar-refractivity contribution is 6.06. The highest BCUT2D eigenvalue weighted by atomic mass is 16.6. The van der Waals surface area contributed by atoms with Gasteiger partial charge in [-0.25, -0.2) is 9.59 Å². The Morgan fingerprint density at radius 3 is 2.09 bits per heavy atom. The molecule has 0 unspecified atom stereocenters. The number of anilines is 1. The summed E-state index contributed by atoms with van der Waals surface area (Å²) >= 11 is 0. The Hall–Kier alpha value is -2.57. The van der Waals surface area contributed by atoms with Crippen LogP contribution in [-0.4, -0.2) is 40.3 Å². The third kappa shape index (κ3) is 6.82. The van der Waals surface area contributed by atoms with E-state index in [0.29, 0.717) is 0 Å². The van der Waals surface area contributed by atoms with Crippen molar-refractivity contribution in [3.63, 3.8) is 0 Å². The maximum atomic E-state index is 11.6. The van der Waals surface area contributed by atoms with Gasteiger partial charge in [-0.1, -0.05) is 19.9 Å². The van der Waals surface area contributed by atoms with Crippen LogP contribution in [0.4, 0.5) is 5.69 Å². The van der Waals surface area contributed by atoms with Crippen molar-refractivity contribution < 1.29 is 29.3 Å². The molecule has 0 aromatic heterocycles. The molecule has 23 heavy (non-hydrogen) atoms. The van der Waals surface area contributed by atoms with E-state index in [0.717, 1.165) is 0 Å². The number of hydrogen-bond donors (Lipinski definition) is 3. The number of carbonyl (C=O) groups is 3. The minimum absolute atomic E-state index is 0.0493. The lowest BCUT2D eigenvalue weighted by Gasteiger charge is -2.20. The molecule has 0 amide bonds. The van der Waals surface area contributed by atoms with Crippen LogP contribution in [0, 0.1) is 0 Å². The summed E-state index contributed by atoms with van der Waals surface area (Å²) in [4.78, 5) is 33.8. The average molecular weight is 325 g/mol. The second-order valence-corrected chi connectivity index (χ2v) is 5.28. The van der Waals surface area contributed by atoms with Crippen molar-refractivity contribution in [2.24, 2.45) is 0 Å². The van der Waals surface area contributed by atoms with Crippen LogP contribution in [-0.2, 0) is 9.53 Å². The van der Waals surface area contributed by atoms with Crippen LogP contribution in [0.1, 0.15) is 55.3 Å². The maximum Gasteiger partial charge on any atom is 0.338 e.